The van der Waals surface area contributed by atoms with Crippen LogP contribution in [0.4, 0.5) is 0 Å². The minimum atomic E-state index is -0.948. The molecule has 0 unspecified atom stereocenters. The van der Waals surface area contributed by atoms with Gasteiger partial charge >= 0.3 is 5.97 Å². The molecular formula is C19H16O4. The van der Waals surface area contributed by atoms with Crippen molar-refractivity contribution in [1.29, 1.82) is 0 Å². The van der Waals surface area contributed by atoms with Crippen LogP contribution in [0, 0.1) is 0 Å². The third-order valence-electron chi connectivity index (χ3n) is 3.44. The van der Waals surface area contributed by atoms with Crippen molar-refractivity contribution in [1.82, 2.24) is 0 Å². The van der Waals surface area contributed by atoms with Gasteiger partial charge in [0, 0.05) is 0 Å². The second-order valence-electron chi connectivity index (χ2n) is 5.04. The van der Waals surface area contributed by atoms with Crippen molar-refractivity contribution < 1.29 is 19.4 Å². The summed E-state index contributed by atoms with van der Waals surface area (Å²) in [5.74, 6) is 0.474. The van der Waals surface area contributed by atoms with Crippen molar-refractivity contribution in [2.45, 2.75) is 0 Å². The van der Waals surface area contributed by atoms with Gasteiger partial charge in [-0.1, -0.05) is 30.3 Å². The number of rotatable bonds is 6. The zero-order valence-electron chi connectivity index (χ0n) is 12.4. The highest BCUT2D eigenvalue weighted by molar-refractivity contribution is 5.87. The molecule has 0 atom stereocenters. The van der Waals surface area contributed by atoms with Gasteiger partial charge in [-0.3, -0.25) is 0 Å². The van der Waals surface area contributed by atoms with E-state index in [1.165, 1.54) is 17.5 Å². The molecule has 0 spiro atoms. The van der Waals surface area contributed by atoms with Crippen LogP contribution in [0.25, 0.3) is 10.8 Å². The van der Waals surface area contributed by atoms with Crippen LogP contribution >= 0.6 is 0 Å². The van der Waals surface area contributed by atoms with Crippen LogP contribution in [0.1, 0.15) is 10.4 Å². The predicted octanol–water partition coefficient (Wildman–Crippen LogP) is 4.00. The van der Waals surface area contributed by atoms with Gasteiger partial charge in [0.2, 0.25) is 0 Å². The summed E-state index contributed by atoms with van der Waals surface area (Å²) >= 11 is 0. The fourth-order valence-corrected chi connectivity index (χ4v) is 2.27. The van der Waals surface area contributed by atoms with E-state index >= 15 is 0 Å². The molecule has 4 nitrogen and oxygen atoms in total. The molecular weight excluding hydrogens is 292 g/mol. The summed E-state index contributed by atoms with van der Waals surface area (Å²) in [4.78, 5) is 10.8. The molecule has 0 aromatic heterocycles. The molecule has 116 valence electrons. The molecule has 23 heavy (non-hydrogen) atoms. The van der Waals surface area contributed by atoms with Crippen molar-refractivity contribution in [3.05, 3.63) is 72.3 Å². The molecule has 0 saturated carbocycles. The van der Waals surface area contributed by atoms with Gasteiger partial charge in [-0.15, -0.1) is 0 Å². The standard InChI is InChI=1S/C19H16O4/c20-19(21)15-6-8-17(9-7-15)22-11-12-23-18-10-5-14-3-1-2-4-16(14)13-18/h1-10,13H,11-12H2,(H,20,21). The number of ether oxygens (including phenoxy) is 2. The van der Waals surface area contributed by atoms with Gasteiger partial charge in [0.1, 0.15) is 24.7 Å². The first-order valence-electron chi connectivity index (χ1n) is 7.30. The Morgan fingerprint density at radius 3 is 2.09 bits per heavy atom. The Balaban J connectivity index is 1.51. The average Bonchev–Trinajstić information content (AvgIpc) is 2.59. The number of hydrogen-bond acceptors (Lipinski definition) is 3. The van der Waals surface area contributed by atoms with E-state index in [9.17, 15) is 4.79 Å². The quantitative estimate of drug-likeness (QED) is 0.699. The van der Waals surface area contributed by atoms with E-state index in [-0.39, 0.29) is 5.56 Å². The summed E-state index contributed by atoms with van der Waals surface area (Å²) in [5, 5.41) is 11.1. The Labute approximate surface area is 133 Å². The van der Waals surface area contributed by atoms with Crippen molar-refractivity contribution in [3.8, 4) is 11.5 Å². The molecule has 0 saturated heterocycles. The first-order valence-corrected chi connectivity index (χ1v) is 7.30. The van der Waals surface area contributed by atoms with Gasteiger partial charge < -0.3 is 14.6 Å². The van der Waals surface area contributed by atoms with Crippen molar-refractivity contribution >= 4 is 16.7 Å². The zero-order valence-corrected chi connectivity index (χ0v) is 12.4. The molecule has 3 rings (SSSR count). The summed E-state index contributed by atoms with van der Waals surface area (Å²) in [6.07, 6.45) is 0. The third kappa shape index (κ3) is 3.80. The van der Waals surface area contributed by atoms with Crippen LogP contribution in [-0.4, -0.2) is 24.3 Å². The van der Waals surface area contributed by atoms with Crippen LogP contribution in [-0.2, 0) is 0 Å². The molecule has 4 heteroatoms. The first kappa shape index (κ1) is 14.9. The summed E-state index contributed by atoms with van der Waals surface area (Å²) in [6.45, 7) is 0.804. The molecule has 0 radical (unpaired) electrons. The van der Waals surface area contributed by atoms with Crippen LogP contribution in [0.5, 0.6) is 11.5 Å². The van der Waals surface area contributed by atoms with Gasteiger partial charge in [-0.25, -0.2) is 4.79 Å². The maximum absolute atomic E-state index is 10.8. The Morgan fingerprint density at radius 1 is 0.783 bits per heavy atom. The van der Waals surface area contributed by atoms with E-state index in [2.05, 4.69) is 6.07 Å². The lowest BCUT2D eigenvalue weighted by molar-refractivity contribution is 0.0697. The molecule has 1 N–H and O–H groups in total. The largest absolute Gasteiger partial charge is 0.490 e. The number of hydrogen-bond donors (Lipinski definition) is 1. The number of carbonyl (C=O) groups is 1. The van der Waals surface area contributed by atoms with Gasteiger partial charge in [0.15, 0.2) is 0 Å². The third-order valence-corrected chi connectivity index (χ3v) is 3.44. The summed E-state index contributed by atoms with van der Waals surface area (Å²) in [5.41, 5.74) is 0.241. The van der Waals surface area contributed by atoms with Crippen LogP contribution in [0.2, 0.25) is 0 Å². The Bertz CT molecular complexity index is 809. The maximum atomic E-state index is 10.8. The van der Waals surface area contributed by atoms with Gasteiger partial charge in [0.25, 0.3) is 0 Å². The van der Waals surface area contributed by atoms with Crippen LogP contribution < -0.4 is 9.47 Å². The van der Waals surface area contributed by atoms with E-state index in [4.69, 9.17) is 14.6 Å². The number of carboxylic acids is 1. The minimum absolute atomic E-state index is 0.241. The molecule has 0 aliphatic heterocycles. The topological polar surface area (TPSA) is 55.8 Å². The average molecular weight is 308 g/mol. The lowest BCUT2D eigenvalue weighted by Gasteiger charge is -2.09. The maximum Gasteiger partial charge on any atom is 0.335 e. The Kier molecular flexibility index (Phi) is 4.43. The number of carboxylic acid groups (broad SMARTS) is 1. The van der Waals surface area contributed by atoms with E-state index in [0.717, 1.165) is 11.1 Å². The van der Waals surface area contributed by atoms with Crippen molar-refractivity contribution in [2.24, 2.45) is 0 Å². The highest BCUT2D eigenvalue weighted by Crippen LogP contribution is 2.20. The Morgan fingerprint density at radius 2 is 1.39 bits per heavy atom. The molecule has 0 fully saturated rings. The lowest BCUT2D eigenvalue weighted by Crippen LogP contribution is -2.09. The molecule has 0 heterocycles. The molecule has 3 aromatic rings. The molecule has 0 bridgehead atoms. The van der Waals surface area contributed by atoms with Gasteiger partial charge in [0.05, 0.1) is 5.56 Å². The van der Waals surface area contributed by atoms with E-state index < -0.39 is 5.97 Å². The van der Waals surface area contributed by atoms with E-state index in [0.29, 0.717) is 19.0 Å². The van der Waals surface area contributed by atoms with Crippen molar-refractivity contribution in [2.75, 3.05) is 13.2 Å². The fraction of sp³-hybridized carbons (Fsp3) is 0.105. The van der Waals surface area contributed by atoms with Crippen LogP contribution in [0.15, 0.2) is 66.7 Å². The minimum Gasteiger partial charge on any atom is -0.490 e. The second-order valence-corrected chi connectivity index (χ2v) is 5.04. The van der Waals surface area contributed by atoms with Gasteiger partial charge in [-0.05, 0) is 47.2 Å². The van der Waals surface area contributed by atoms with E-state index in [1.54, 1.807) is 12.1 Å². The summed E-state index contributed by atoms with van der Waals surface area (Å²) in [7, 11) is 0. The molecule has 3 aromatic carbocycles. The monoisotopic (exact) mass is 308 g/mol. The lowest BCUT2D eigenvalue weighted by atomic mass is 10.1. The molecule has 0 aliphatic carbocycles. The predicted molar refractivity (Wildman–Crippen MR) is 88.3 cm³/mol. The number of aromatic carboxylic acids is 1. The van der Waals surface area contributed by atoms with Crippen molar-refractivity contribution in [3.63, 3.8) is 0 Å². The number of fused-ring (bicyclic) bond motifs is 1. The second kappa shape index (κ2) is 6.83. The summed E-state index contributed by atoms with van der Waals surface area (Å²) in [6, 6.07) is 20.4. The van der Waals surface area contributed by atoms with Gasteiger partial charge in [-0.2, -0.15) is 0 Å². The first-order chi connectivity index (χ1) is 11.2. The molecule has 0 aliphatic rings. The molecule has 0 amide bonds. The fourth-order valence-electron chi connectivity index (χ4n) is 2.27. The van der Waals surface area contributed by atoms with E-state index in [1.807, 2.05) is 36.4 Å². The summed E-state index contributed by atoms with van der Waals surface area (Å²) < 4.78 is 11.2. The highest BCUT2D eigenvalue weighted by atomic mass is 16.5. The smallest absolute Gasteiger partial charge is 0.335 e. The van der Waals surface area contributed by atoms with Crippen LogP contribution in [0.3, 0.4) is 0 Å². The Hall–Kier alpha value is -3.01. The SMILES string of the molecule is O=C(O)c1ccc(OCCOc2ccc3ccccc3c2)cc1. The zero-order chi connectivity index (χ0) is 16.1. The highest BCUT2D eigenvalue weighted by Gasteiger charge is 2.02. The number of benzene rings is 3. The normalized spacial score (nSPS) is 10.4.